The molecule has 0 spiro atoms. The predicted molar refractivity (Wildman–Crippen MR) is 63.1 cm³/mol. The number of aliphatic carboxylic acids is 1. The standard InChI is InChI=1S/C11H13NO5S/c1-7(11(13)14)12-18(15,16)9-2-3-10-8(6-9)4-5-17-10/h2-3,6-7,12H,4-5H2,1H3,(H,13,14)/t7-/m0/s1. The first-order valence-electron chi connectivity index (χ1n) is 5.41. The van der Waals surface area contributed by atoms with E-state index < -0.39 is 22.0 Å². The molecule has 0 unspecified atom stereocenters. The van der Waals surface area contributed by atoms with Crippen LogP contribution in [0.1, 0.15) is 12.5 Å². The predicted octanol–water partition coefficient (Wildman–Crippen LogP) is 0.373. The zero-order valence-corrected chi connectivity index (χ0v) is 10.5. The van der Waals surface area contributed by atoms with Crippen LogP contribution >= 0.6 is 0 Å². The Morgan fingerprint density at radius 2 is 2.22 bits per heavy atom. The van der Waals surface area contributed by atoms with E-state index in [9.17, 15) is 13.2 Å². The molecule has 6 nitrogen and oxygen atoms in total. The number of carboxylic acid groups (broad SMARTS) is 1. The second-order valence-corrected chi connectivity index (χ2v) is 5.76. The van der Waals surface area contributed by atoms with Crippen molar-refractivity contribution in [2.75, 3.05) is 6.61 Å². The third-order valence-electron chi connectivity index (χ3n) is 2.67. The first-order chi connectivity index (χ1) is 8.40. The van der Waals surface area contributed by atoms with E-state index in [1.165, 1.54) is 19.1 Å². The van der Waals surface area contributed by atoms with E-state index in [2.05, 4.69) is 4.72 Å². The maximum Gasteiger partial charge on any atom is 0.321 e. The molecule has 0 aliphatic carbocycles. The summed E-state index contributed by atoms with van der Waals surface area (Å²) in [5.74, 6) is -0.539. The third kappa shape index (κ3) is 2.46. The second-order valence-electron chi connectivity index (χ2n) is 4.05. The fourth-order valence-electron chi connectivity index (χ4n) is 1.68. The normalized spacial score (nSPS) is 15.8. The van der Waals surface area contributed by atoms with Gasteiger partial charge in [-0.05, 0) is 30.7 Å². The van der Waals surface area contributed by atoms with Crippen LogP contribution in [0.5, 0.6) is 5.75 Å². The summed E-state index contributed by atoms with van der Waals surface area (Å²) in [5, 5.41) is 8.70. The van der Waals surface area contributed by atoms with Crippen molar-refractivity contribution in [2.45, 2.75) is 24.3 Å². The summed E-state index contributed by atoms with van der Waals surface area (Å²) in [6.45, 7) is 1.81. The smallest absolute Gasteiger partial charge is 0.321 e. The molecule has 0 amide bonds. The highest BCUT2D eigenvalue weighted by Crippen LogP contribution is 2.27. The van der Waals surface area contributed by atoms with Gasteiger partial charge in [-0.2, -0.15) is 4.72 Å². The molecule has 0 saturated carbocycles. The summed E-state index contributed by atoms with van der Waals surface area (Å²) in [7, 11) is -3.81. The summed E-state index contributed by atoms with van der Waals surface area (Å²) in [5.41, 5.74) is 0.820. The van der Waals surface area contributed by atoms with Crippen molar-refractivity contribution in [1.82, 2.24) is 4.72 Å². The Bertz CT molecular complexity index is 581. The van der Waals surface area contributed by atoms with Gasteiger partial charge in [0.1, 0.15) is 11.8 Å². The quantitative estimate of drug-likeness (QED) is 0.825. The van der Waals surface area contributed by atoms with Crippen molar-refractivity contribution in [3.05, 3.63) is 23.8 Å². The SMILES string of the molecule is C[C@H](NS(=O)(=O)c1ccc2c(c1)CCO2)C(=O)O. The van der Waals surface area contributed by atoms with Crippen LogP contribution in [0.25, 0.3) is 0 Å². The Morgan fingerprint density at radius 1 is 1.50 bits per heavy atom. The summed E-state index contributed by atoms with van der Waals surface area (Å²) in [6, 6.07) is 3.34. The van der Waals surface area contributed by atoms with Crippen LogP contribution in [0.2, 0.25) is 0 Å². The first-order valence-corrected chi connectivity index (χ1v) is 6.89. The number of hydrogen-bond donors (Lipinski definition) is 2. The molecule has 0 saturated heterocycles. The van der Waals surface area contributed by atoms with Gasteiger partial charge in [-0.25, -0.2) is 8.42 Å². The number of carboxylic acids is 1. The number of ether oxygens (including phenoxy) is 1. The Kier molecular flexibility index (Phi) is 3.27. The number of nitrogens with one attached hydrogen (secondary N) is 1. The summed E-state index contributed by atoms with van der Waals surface area (Å²) >= 11 is 0. The van der Waals surface area contributed by atoms with E-state index in [4.69, 9.17) is 9.84 Å². The lowest BCUT2D eigenvalue weighted by atomic mass is 10.2. The zero-order chi connectivity index (χ0) is 13.3. The maximum absolute atomic E-state index is 11.9. The molecule has 98 valence electrons. The van der Waals surface area contributed by atoms with E-state index in [1.807, 2.05) is 0 Å². The molecule has 1 aromatic rings. The number of carbonyl (C=O) groups is 1. The van der Waals surface area contributed by atoms with Crippen molar-refractivity contribution in [1.29, 1.82) is 0 Å². The monoisotopic (exact) mass is 271 g/mol. The molecule has 1 aliphatic heterocycles. The van der Waals surface area contributed by atoms with Gasteiger partial charge in [0.2, 0.25) is 10.0 Å². The molecule has 1 atom stereocenters. The minimum atomic E-state index is -3.81. The first kappa shape index (κ1) is 12.8. The van der Waals surface area contributed by atoms with Crippen LogP contribution in [-0.2, 0) is 21.2 Å². The van der Waals surface area contributed by atoms with Gasteiger partial charge in [0.05, 0.1) is 11.5 Å². The van der Waals surface area contributed by atoms with Crippen molar-refractivity contribution in [3.8, 4) is 5.75 Å². The van der Waals surface area contributed by atoms with Gasteiger partial charge >= 0.3 is 5.97 Å². The Hall–Kier alpha value is -1.60. The summed E-state index contributed by atoms with van der Waals surface area (Å²) < 4.78 is 31.2. The van der Waals surface area contributed by atoms with Gasteiger partial charge in [-0.3, -0.25) is 4.79 Å². The molecule has 2 N–H and O–H groups in total. The minimum Gasteiger partial charge on any atom is -0.493 e. The molecule has 2 rings (SSSR count). The number of sulfonamides is 1. The van der Waals surface area contributed by atoms with Crippen LogP contribution in [0, 0.1) is 0 Å². The van der Waals surface area contributed by atoms with E-state index in [1.54, 1.807) is 6.07 Å². The van der Waals surface area contributed by atoms with Gasteiger partial charge in [0, 0.05) is 6.42 Å². The van der Waals surface area contributed by atoms with E-state index in [-0.39, 0.29) is 4.90 Å². The topological polar surface area (TPSA) is 92.7 Å². The van der Waals surface area contributed by atoms with Gasteiger partial charge < -0.3 is 9.84 Å². The summed E-state index contributed by atoms with van der Waals surface area (Å²) in [6.07, 6.45) is 0.660. The van der Waals surface area contributed by atoms with Crippen molar-refractivity contribution in [3.63, 3.8) is 0 Å². The van der Waals surface area contributed by atoms with E-state index in [0.717, 1.165) is 5.56 Å². The average Bonchev–Trinajstić information content (AvgIpc) is 2.74. The van der Waals surface area contributed by atoms with Crippen LogP contribution in [0.4, 0.5) is 0 Å². The number of benzene rings is 1. The fourth-order valence-corrected chi connectivity index (χ4v) is 2.93. The number of hydrogen-bond acceptors (Lipinski definition) is 4. The second kappa shape index (κ2) is 4.58. The molecule has 1 aromatic carbocycles. The summed E-state index contributed by atoms with van der Waals surface area (Å²) in [4.78, 5) is 10.7. The largest absolute Gasteiger partial charge is 0.493 e. The lowest BCUT2D eigenvalue weighted by Crippen LogP contribution is -2.38. The molecule has 1 heterocycles. The molecular formula is C11H13NO5S. The molecule has 18 heavy (non-hydrogen) atoms. The fraction of sp³-hybridized carbons (Fsp3) is 0.364. The third-order valence-corrected chi connectivity index (χ3v) is 4.21. The van der Waals surface area contributed by atoms with Crippen LogP contribution in [0.15, 0.2) is 23.1 Å². The van der Waals surface area contributed by atoms with Crippen LogP contribution < -0.4 is 9.46 Å². The molecule has 0 radical (unpaired) electrons. The van der Waals surface area contributed by atoms with Crippen molar-refractivity contribution >= 4 is 16.0 Å². The lowest BCUT2D eigenvalue weighted by molar-refractivity contribution is -0.138. The van der Waals surface area contributed by atoms with E-state index in [0.29, 0.717) is 18.8 Å². The number of fused-ring (bicyclic) bond motifs is 1. The molecule has 0 fully saturated rings. The molecule has 1 aliphatic rings. The highest BCUT2D eigenvalue weighted by molar-refractivity contribution is 7.89. The van der Waals surface area contributed by atoms with Gasteiger partial charge in [0.25, 0.3) is 0 Å². The van der Waals surface area contributed by atoms with Gasteiger partial charge in [-0.15, -0.1) is 0 Å². The molecule has 7 heteroatoms. The highest BCUT2D eigenvalue weighted by Gasteiger charge is 2.23. The zero-order valence-electron chi connectivity index (χ0n) is 9.71. The Balaban J connectivity index is 2.28. The Morgan fingerprint density at radius 3 is 2.89 bits per heavy atom. The highest BCUT2D eigenvalue weighted by atomic mass is 32.2. The van der Waals surface area contributed by atoms with E-state index >= 15 is 0 Å². The minimum absolute atomic E-state index is 0.0554. The lowest BCUT2D eigenvalue weighted by Gasteiger charge is -2.10. The van der Waals surface area contributed by atoms with Crippen molar-refractivity contribution < 1.29 is 23.1 Å². The average molecular weight is 271 g/mol. The molecule has 0 aromatic heterocycles. The molecular weight excluding hydrogens is 258 g/mol. The molecule has 0 bridgehead atoms. The van der Waals surface area contributed by atoms with Gasteiger partial charge in [-0.1, -0.05) is 0 Å². The number of rotatable bonds is 4. The van der Waals surface area contributed by atoms with Gasteiger partial charge in [0.15, 0.2) is 0 Å². The van der Waals surface area contributed by atoms with Crippen molar-refractivity contribution in [2.24, 2.45) is 0 Å². The van der Waals surface area contributed by atoms with Crippen LogP contribution in [0.3, 0.4) is 0 Å². The van der Waals surface area contributed by atoms with Crippen LogP contribution in [-0.4, -0.2) is 32.1 Å². The Labute approximate surface area is 105 Å². The maximum atomic E-state index is 11.9.